The molecule has 2 fully saturated rings. The van der Waals surface area contributed by atoms with Crippen LogP contribution in [0.5, 0.6) is 0 Å². The van der Waals surface area contributed by atoms with E-state index in [1.54, 1.807) is 18.0 Å². The molecule has 11 heteroatoms. The quantitative estimate of drug-likeness (QED) is 0.759. The molecule has 0 saturated carbocycles. The molecular formula is C19H25F3N4O4. The molecule has 0 radical (unpaired) electrons. The minimum absolute atomic E-state index is 0.0922. The second-order valence-corrected chi connectivity index (χ2v) is 7.74. The number of carboxylic acid groups (broad SMARTS) is 1. The van der Waals surface area contributed by atoms with Crippen molar-refractivity contribution in [1.82, 2.24) is 19.7 Å². The first-order chi connectivity index (χ1) is 13.9. The summed E-state index contributed by atoms with van der Waals surface area (Å²) in [6.45, 7) is 6.19. The van der Waals surface area contributed by atoms with E-state index in [0.29, 0.717) is 13.0 Å². The normalized spacial score (nSPS) is 22.5. The van der Waals surface area contributed by atoms with Gasteiger partial charge in [0.15, 0.2) is 0 Å². The van der Waals surface area contributed by atoms with Gasteiger partial charge in [-0.3, -0.25) is 19.5 Å². The highest BCUT2D eigenvalue weighted by atomic mass is 19.4. The Kier molecular flexibility index (Phi) is 7.40. The summed E-state index contributed by atoms with van der Waals surface area (Å²) in [6.07, 6.45) is -0.904. The summed E-state index contributed by atoms with van der Waals surface area (Å²) in [5, 5.41) is 7.12. The molecule has 0 aliphatic carbocycles. The van der Waals surface area contributed by atoms with E-state index in [9.17, 15) is 22.8 Å². The zero-order chi connectivity index (χ0) is 22.5. The van der Waals surface area contributed by atoms with Crippen LogP contribution in [0.4, 0.5) is 13.2 Å². The van der Waals surface area contributed by atoms with Crippen LogP contribution < -0.4 is 0 Å². The van der Waals surface area contributed by atoms with E-state index in [4.69, 9.17) is 9.90 Å². The smallest absolute Gasteiger partial charge is 0.475 e. The number of rotatable bonds is 2. The lowest BCUT2D eigenvalue weighted by atomic mass is 9.86. The fourth-order valence-corrected chi connectivity index (χ4v) is 3.82. The van der Waals surface area contributed by atoms with Gasteiger partial charge in [-0.2, -0.15) is 13.2 Å². The van der Waals surface area contributed by atoms with Crippen LogP contribution in [-0.4, -0.2) is 88.5 Å². The van der Waals surface area contributed by atoms with Crippen LogP contribution in [-0.2, 0) is 20.9 Å². The standard InChI is InChI=1S/C17H24N4O2.C2HF3O2/c1-14(22)21-7-6-20(10-15-4-3-5-18-9-15)12-17(13-21)8-16(23)19(2)11-17;3-2(4,5)1(6)7/h3-5,9H,6-8,10-13H2,1-2H3;(H,6,7). The van der Waals surface area contributed by atoms with Crippen LogP contribution in [0.1, 0.15) is 18.9 Å². The van der Waals surface area contributed by atoms with Crippen molar-refractivity contribution in [3.05, 3.63) is 30.1 Å². The Morgan fingerprint density at radius 1 is 1.23 bits per heavy atom. The topological polar surface area (TPSA) is 94.1 Å². The summed E-state index contributed by atoms with van der Waals surface area (Å²) in [6, 6.07) is 4.01. The van der Waals surface area contributed by atoms with Gasteiger partial charge in [0.25, 0.3) is 0 Å². The monoisotopic (exact) mass is 430 g/mol. The highest BCUT2D eigenvalue weighted by molar-refractivity contribution is 5.80. The number of halogens is 3. The van der Waals surface area contributed by atoms with E-state index in [2.05, 4.69) is 16.0 Å². The molecule has 1 atom stereocenters. The number of carboxylic acids is 1. The molecule has 0 bridgehead atoms. The number of carbonyl (C=O) groups is 3. The number of alkyl halides is 3. The molecule has 1 aromatic heterocycles. The molecule has 30 heavy (non-hydrogen) atoms. The average Bonchev–Trinajstić information content (AvgIpc) is 2.81. The maximum Gasteiger partial charge on any atom is 0.490 e. The number of aliphatic carboxylic acids is 1. The molecule has 1 N–H and O–H groups in total. The van der Waals surface area contributed by atoms with E-state index in [1.807, 2.05) is 24.2 Å². The molecule has 1 aromatic rings. The fourth-order valence-electron chi connectivity index (χ4n) is 3.82. The number of hydrogen-bond donors (Lipinski definition) is 1. The third-order valence-electron chi connectivity index (χ3n) is 5.11. The van der Waals surface area contributed by atoms with Gasteiger partial charge >= 0.3 is 12.1 Å². The summed E-state index contributed by atoms with van der Waals surface area (Å²) in [7, 11) is 1.85. The fraction of sp³-hybridized carbons (Fsp3) is 0.579. The number of pyridine rings is 1. The Morgan fingerprint density at radius 3 is 2.37 bits per heavy atom. The number of aromatic nitrogens is 1. The Hall–Kier alpha value is -2.69. The SMILES string of the molecule is CC(=O)N1CCN(Cc2cccnc2)CC2(CC(=O)N(C)C2)C1.O=C(O)C(F)(F)F. The molecule has 2 saturated heterocycles. The van der Waals surface area contributed by atoms with Gasteiger partial charge in [-0.25, -0.2) is 4.79 Å². The summed E-state index contributed by atoms with van der Waals surface area (Å²) < 4.78 is 31.7. The van der Waals surface area contributed by atoms with Gasteiger partial charge in [-0.1, -0.05) is 6.07 Å². The predicted molar refractivity (Wildman–Crippen MR) is 100 cm³/mol. The Bertz CT molecular complexity index is 775. The maximum atomic E-state index is 12.1. The van der Waals surface area contributed by atoms with Gasteiger partial charge in [-0.15, -0.1) is 0 Å². The van der Waals surface area contributed by atoms with E-state index < -0.39 is 12.1 Å². The first-order valence-corrected chi connectivity index (χ1v) is 9.33. The maximum absolute atomic E-state index is 12.1. The van der Waals surface area contributed by atoms with Crippen LogP contribution in [0.15, 0.2) is 24.5 Å². The van der Waals surface area contributed by atoms with E-state index in [0.717, 1.165) is 38.3 Å². The van der Waals surface area contributed by atoms with Crippen molar-refractivity contribution in [3.63, 3.8) is 0 Å². The van der Waals surface area contributed by atoms with Crippen molar-refractivity contribution in [2.45, 2.75) is 26.1 Å². The lowest BCUT2D eigenvalue weighted by Gasteiger charge is -2.33. The van der Waals surface area contributed by atoms with Crippen molar-refractivity contribution in [3.8, 4) is 0 Å². The second kappa shape index (κ2) is 9.41. The number of likely N-dealkylation sites (tertiary alicyclic amines) is 1. The highest BCUT2D eigenvalue weighted by Crippen LogP contribution is 2.34. The molecule has 166 valence electrons. The molecule has 0 aromatic carbocycles. The highest BCUT2D eigenvalue weighted by Gasteiger charge is 2.45. The molecule has 3 heterocycles. The third-order valence-corrected chi connectivity index (χ3v) is 5.11. The van der Waals surface area contributed by atoms with E-state index in [1.165, 1.54) is 0 Å². The minimum Gasteiger partial charge on any atom is -0.475 e. The number of nitrogens with zero attached hydrogens (tertiary/aromatic N) is 4. The van der Waals surface area contributed by atoms with Crippen LogP contribution >= 0.6 is 0 Å². The van der Waals surface area contributed by atoms with Crippen molar-refractivity contribution in [2.75, 3.05) is 39.8 Å². The molecule has 2 aliphatic heterocycles. The molecule has 2 aliphatic rings. The van der Waals surface area contributed by atoms with Crippen molar-refractivity contribution in [2.24, 2.45) is 5.41 Å². The van der Waals surface area contributed by atoms with Crippen molar-refractivity contribution < 1.29 is 32.7 Å². The zero-order valence-corrected chi connectivity index (χ0v) is 16.9. The van der Waals surface area contributed by atoms with Crippen LogP contribution in [0.2, 0.25) is 0 Å². The van der Waals surface area contributed by atoms with Crippen LogP contribution in [0.25, 0.3) is 0 Å². The zero-order valence-electron chi connectivity index (χ0n) is 16.9. The lowest BCUT2D eigenvalue weighted by Crippen LogP contribution is -2.43. The molecule has 1 spiro atoms. The summed E-state index contributed by atoms with van der Waals surface area (Å²) in [5.41, 5.74) is 1.01. The number of hydrogen-bond acceptors (Lipinski definition) is 5. The number of carbonyl (C=O) groups excluding carboxylic acids is 2. The van der Waals surface area contributed by atoms with Gasteiger partial charge in [0, 0.05) is 77.5 Å². The third kappa shape index (κ3) is 6.41. The average molecular weight is 430 g/mol. The van der Waals surface area contributed by atoms with Gasteiger partial charge in [-0.05, 0) is 11.6 Å². The first-order valence-electron chi connectivity index (χ1n) is 9.33. The summed E-state index contributed by atoms with van der Waals surface area (Å²) in [4.78, 5) is 43.1. The number of amides is 2. The van der Waals surface area contributed by atoms with E-state index in [-0.39, 0.29) is 17.2 Å². The molecule has 8 nitrogen and oxygen atoms in total. The van der Waals surface area contributed by atoms with Crippen molar-refractivity contribution >= 4 is 17.8 Å². The van der Waals surface area contributed by atoms with Crippen LogP contribution in [0.3, 0.4) is 0 Å². The molecule has 3 rings (SSSR count). The van der Waals surface area contributed by atoms with Gasteiger partial charge in [0.2, 0.25) is 11.8 Å². The van der Waals surface area contributed by atoms with Crippen molar-refractivity contribution in [1.29, 1.82) is 0 Å². The molecular weight excluding hydrogens is 405 g/mol. The Morgan fingerprint density at radius 2 is 1.90 bits per heavy atom. The molecule has 2 amide bonds. The van der Waals surface area contributed by atoms with Gasteiger partial charge in [0.1, 0.15) is 0 Å². The molecule has 1 unspecified atom stereocenters. The van der Waals surface area contributed by atoms with Crippen LogP contribution in [0, 0.1) is 5.41 Å². The minimum atomic E-state index is -5.08. The summed E-state index contributed by atoms with van der Waals surface area (Å²) >= 11 is 0. The summed E-state index contributed by atoms with van der Waals surface area (Å²) in [5.74, 6) is -2.49. The second-order valence-electron chi connectivity index (χ2n) is 7.74. The first kappa shape index (κ1) is 23.6. The Balaban J connectivity index is 0.000000396. The van der Waals surface area contributed by atoms with Gasteiger partial charge in [0.05, 0.1) is 0 Å². The Labute approximate surface area is 172 Å². The largest absolute Gasteiger partial charge is 0.490 e. The van der Waals surface area contributed by atoms with Gasteiger partial charge < -0.3 is 14.9 Å². The van der Waals surface area contributed by atoms with E-state index >= 15 is 0 Å². The lowest BCUT2D eigenvalue weighted by molar-refractivity contribution is -0.192. The predicted octanol–water partition coefficient (Wildman–Crippen LogP) is 1.23.